The first-order valence-corrected chi connectivity index (χ1v) is 6.63. The molecule has 1 nitrogen and oxygen atoms in total. The van der Waals surface area contributed by atoms with Crippen LogP contribution in [0.15, 0.2) is 12.1 Å². The van der Waals surface area contributed by atoms with E-state index in [1.165, 1.54) is 0 Å². The minimum absolute atomic E-state index is 0.0846. The zero-order valence-electron chi connectivity index (χ0n) is 10.4. The van der Waals surface area contributed by atoms with Crippen LogP contribution in [-0.4, -0.2) is 12.2 Å². The van der Waals surface area contributed by atoms with Crippen molar-refractivity contribution in [3.8, 4) is 0 Å². The average Bonchev–Trinajstić information content (AvgIpc) is 2.33. The van der Waals surface area contributed by atoms with Crippen LogP contribution in [-0.2, 0) is 0 Å². The molecule has 1 saturated carbocycles. The van der Waals surface area contributed by atoms with Crippen LogP contribution in [0.4, 0.5) is 27.6 Å². The number of nitrogens with one attached hydrogen (secondary N) is 1. The Kier molecular flexibility index (Phi) is 4.42. The van der Waals surface area contributed by atoms with Gasteiger partial charge in [-0.2, -0.15) is 13.2 Å². The van der Waals surface area contributed by atoms with Crippen LogP contribution in [0, 0.1) is 17.6 Å². The number of benzene rings is 1. The lowest BCUT2D eigenvalue weighted by Crippen LogP contribution is -2.34. The predicted molar refractivity (Wildman–Crippen MR) is 66.8 cm³/mol. The quantitative estimate of drug-likeness (QED) is 0.744. The third kappa shape index (κ3) is 3.53. The van der Waals surface area contributed by atoms with Crippen LogP contribution >= 0.6 is 11.6 Å². The zero-order valence-corrected chi connectivity index (χ0v) is 11.2. The number of anilines is 1. The van der Waals surface area contributed by atoms with Crippen LogP contribution in [0.25, 0.3) is 0 Å². The Hall–Kier alpha value is -1.04. The first kappa shape index (κ1) is 15.4. The summed E-state index contributed by atoms with van der Waals surface area (Å²) in [4.78, 5) is 0. The van der Waals surface area contributed by atoms with Gasteiger partial charge in [-0.15, -0.1) is 0 Å². The molecule has 1 aromatic carbocycles. The molecule has 0 saturated heterocycles. The van der Waals surface area contributed by atoms with Gasteiger partial charge in [-0.1, -0.05) is 18.0 Å². The fraction of sp³-hybridized carbons (Fsp3) is 0.538. The molecule has 0 spiro atoms. The summed E-state index contributed by atoms with van der Waals surface area (Å²) in [5.41, 5.74) is -0.138. The molecule has 0 aromatic heterocycles. The molecule has 1 fully saturated rings. The molecule has 1 aromatic rings. The van der Waals surface area contributed by atoms with Crippen LogP contribution < -0.4 is 5.32 Å². The smallest absolute Gasteiger partial charge is 0.379 e. The summed E-state index contributed by atoms with van der Waals surface area (Å²) >= 11 is 5.72. The van der Waals surface area contributed by atoms with Crippen molar-refractivity contribution >= 4 is 17.3 Å². The van der Waals surface area contributed by atoms with E-state index in [1.807, 2.05) is 0 Å². The van der Waals surface area contributed by atoms with E-state index >= 15 is 0 Å². The zero-order chi connectivity index (χ0) is 14.9. The van der Waals surface area contributed by atoms with Gasteiger partial charge in [-0.05, 0) is 25.3 Å². The Balaban J connectivity index is 2.11. The molecule has 112 valence electrons. The minimum Gasteiger partial charge on any atom is -0.379 e. The van der Waals surface area contributed by atoms with Crippen molar-refractivity contribution in [1.29, 1.82) is 0 Å². The molecule has 1 aliphatic rings. The molecule has 2 atom stereocenters. The Morgan fingerprint density at radius 1 is 1.15 bits per heavy atom. The molecule has 0 radical (unpaired) electrons. The van der Waals surface area contributed by atoms with Crippen LogP contribution in [0.2, 0.25) is 5.02 Å². The van der Waals surface area contributed by atoms with Crippen molar-refractivity contribution in [1.82, 2.24) is 0 Å². The van der Waals surface area contributed by atoms with Crippen molar-refractivity contribution in [3.05, 3.63) is 28.8 Å². The van der Waals surface area contributed by atoms with Gasteiger partial charge < -0.3 is 5.32 Å². The first-order chi connectivity index (χ1) is 9.27. The van der Waals surface area contributed by atoms with Crippen molar-refractivity contribution in [2.75, 3.05) is 5.32 Å². The monoisotopic (exact) mass is 313 g/mol. The number of halogens is 6. The van der Waals surface area contributed by atoms with Crippen molar-refractivity contribution in [2.45, 2.75) is 37.9 Å². The van der Waals surface area contributed by atoms with Gasteiger partial charge in [0.25, 0.3) is 0 Å². The highest BCUT2D eigenvalue weighted by Gasteiger charge is 2.42. The lowest BCUT2D eigenvalue weighted by atomic mass is 9.85. The van der Waals surface area contributed by atoms with Gasteiger partial charge in [-0.25, -0.2) is 8.78 Å². The highest BCUT2D eigenvalue weighted by atomic mass is 35.5. The first-order valence-electron chi connectivity index (χ1n) is 6.25. The van der Waals surface area contributed by atoms with Crippen molar-refractivity contribution in [3.63, 3.8) is 0 Å². The van der Waals surface area contributed by atoms with E-state index in [-0.39, 0.29) is 23.6 Å². The fourth-order valence-corrected chi connectivity index (χ4v) is 2.75. The highest BCUT2D eigenvalue weighted by molar-refractivity contribution is 6.33. The van der Waals surface area contributed by atoms with Gasteiger partial charge in [0.05, 0.1) is 16.6 Å². The third-order valence-corrected chi connectivity index (χ3v) is 3.79. The van der Waals surface area contributed by atoms with Gasteiger partial charge in [0.2, 0.25) is 0 Å². The number of hydrogen-bond donors (Lipinski definition) is 1. The molecule has 2 unspecified atom stereocenters. The maximum absolute atomic E-state index is 13.6. The lowest BCUT2D eigenvalue weighted by Gasteiger charge is -2.31. The van der Waals surface area contributed by atoms with Gasteiger partial charge >= 0.3 is 6.18 Å². The largest absolute Gasteiger partial charge is 0.391 e. The highest BCUT2D eigenvalue weighted by Crippen LogP contribution is 2.39. The molecule has 0 bridgehead atoms. The van der Waals surface area contributed by atoms with Crippen molar-refractivity contribution < 1.29 is 22.0 Å². The molecule has 20 heavy (non-hydrogen) atoms. The lowest BCUT2D eigenvalue weighted by molar-refractivity contribution is -0.182. The van der Waals surface area contributed by atoms with Crippen LogP contribution in [0.1, 0.15) is 25.7 Å². The van der Waals surface area contributed by atoms with E-state index in [2.05, 4.69) is 5.32 Å². The van der Waals surface area contributed by atoms with Gasteiger partial charge in [-0.3, -0.25) is 0 Å². The second-order valence-electron chi connectivity index (χ2n) is 4.99. The van der Waals surface area contributed by atoms with Crippen LogP contribution in [0.5, 0.6) is 0 Å². The molecule has 1 N–H and O–H groups in total. The molecular formula is C13H13ClF5N. The second kappa shape index (κ2) is 5.76. The predicted octanol–water partition coefficient (Wildman–Crippen LogP) is 5.15. The Morgan fingerprint density at radius 2 is 1.85 bits per heavy atom. The molecule has 7 heteroatoms. The Labute approximate surface area is 118 Å². The molecule has 0 amide bonds. The number of hydrogen-bond acceptors (Lipinski definition) is 1. The summed E-state index contributed by atoms with van der Waals surface area (Å²) in [6, 6.07) is 1.06. The fourth-order valence-electron chi connectivity index (χ4n) is 2.50. The van der Waals surface area contributed by atoms with Crippen molar-refractivity contribution in [2.24, 2.45) is 5.92 Å². The minimum atomic E-state index is -4.24. The summed E-state index contributed by atoms with van der Waals surface area (Å²) in [6.45, 7) is 0. The maximum Gasteiger partial charge on any atom is 0.391 e. The van der Waals surface area contributed by atoms with E-state index in [1.54, 1.807) is 0 Å². The molecule has 0 aliphatic heterocycles. The van der Waals surface area contributed by atoms with Gasteiger partial charge in [0.15, 0.2) is 5.82 Å². The topological polar surface area (TPSA) is 12.0 Å². The van der Waals surface area contributed by atoms with E-state index < -0.39 is 29.8 Å². The van der Waals surface area contributed by atoms with E-state index in [0.717, 1.165) is 6.07 Å². The Morgan fingerprint density at radius 3 is 2.45 bits per heavy atom. The number of alkyl halides is 3. The third-order valence-electron chi connectivity index (χ3n) is 3.49. The summed E-state index contributed by atoms with van der Waals surface area (Å²) in [5, 5.41) is 2.50. The normalized spacial score (nSPS) is 23.7. The molecular weight excluding hydrogens is 301 g/mol. The summed E-state index contributed by atoms with van der Waals surface area (Å²) in [6.07, 6.45) is -3.38. The standard InChI is InChI=1S/C13H13ClF5N/c14-10-5-8(15)6-11(16)12(10)20-9-3-1-2-7(4-9)13(17,18)19/h5-7,9,20H,1-4H2. The second-order valence-corrected chi connectivity index (χ2v) is 5.40. The number of rotatable bonds is 2. The molecule has 0 heterocycles. The summed E-state index contributed by atoms with van der Waals surface area (Å²) in [5.74, 6) is -3.12. The Bertz CT molecular complexity index is 465. The average molecular weight is 314 g/mol. The van der Waals surface area contributed by atoms with Crippen LogP contribution in [0.3, 0.4) is 0 Å². The van der Waals surface area contributed by atoms with Gasteiger partial charge in [0, 0.05) is 12.1 Å². The maximum atomic E-state index is 13.6. The molecule has 2 rings (SSSR count). The van der Waals surface area contributed by atoms with Gasteiger partial charge in [0.1, 0.15) is 5.82 Å². The SMILES string of the molecule is Fc1cc(F)c(NC2CCCC(C(F)(F)F)C2)c(Cl)c1. The summed E-state index contributed by atoms with van der Waals surface area (Å²) < 4.78 is 64.6. The van der Waals surface area contributed by atoms with E-state index in [0.29, 0.717) is 18.9 Å². The molecule has 1 aliphatic carbocycles. The summed E-state index contributed by atoms with van der Waals surface area (Å²) in [7, 11) is 0. The van der Waals surface area contributed by atoms with E-state index in [9.17, 15) is 22.0 Å². The van der Waals surface area contributed by atoms with E-state index in [4.69, 9.17) is 11.6 Å².